The summed E-state index contributed by atoms with van der Waals surface area (Å²) in [5, 5.41) is 3.30. The highest BCUT2D eigenvalue weighted by molar-refractivity contribution is 7.10. The van der Waals surface area contributed by atoms with Crippen molar-refractivity contribution in [2.45, 2.75) is 6.04 Å². The third kappa shape index (κ3) is 2.34. The minimum Gasteiger partial charge on any atom is -0.320 e. The largest absolute Gasteiger partial charge is 0.320 e. The van der Waals surface area contributed by atoms with Gasteiger partial charge in [-0.25, -0.2) is 0 Å². The van der Waals surface area contributed by atoms with Crippen LogP contribution in [-0.4, -0.2) is 0 Å². The third-order valence-corrected chi connectivity index (χ3v) is 3.68. The monoisotopic (exact) mass is 257 g/mol. The summed E-state index contributed by atoms with van der Waals surface area (Å²) >= 11 is 13.6. The van der Waals surface area contributed by atoms with Crippen LogP contribution < -0.4 is 5.73 Å². The normalized spacial score (nSPS) is 12.7. The second-order valence-electron chi connectivity index (χ2n) is 3.16. The van der Waals surface area contributed by atoms with Crippen molar-refractivity contribution in [3.63, 3.8) is 0 Å². The standard InChI is InChI=1S/C11H9Cl2NS/c12-7-3-4-9(13)8(6-7)11(14)10-2-1-5-15-10/h1-6,11H,14H2/t11-/m1/s1. The molecule has 1 heterocycles. The summed E-state index contributed by atoms with van der Waals surface area (Å²) in [6.45, 7) is 0. The molecule has 0 spiro atoms. The Labute approximate surface area is 102 Å². The summed E-state index contributed by atoms with van der Waals surface area (Å²) in [5.41, 5.74) is 6.97. The molecule has 0 radical (unpaired) electrons. The molecule has 4 heteroatoms. The van der Waals surface area contributed by atoms with E-state index in [-0.39, 0.29) is 6.04 Å². The molecule has 0 saturated carbocycles. The molecule has 1 nitrogen and oxygen atoms in total. The van der Waals surface area contributed by atoms with Gasteiger partial charge >= 0.3 is 0 Å². The van der Waals surface area contributed by atoms with Gasteiger partial charge in [-0.05, 0) is 35.2 Å². The zero-order chi connectivity index (χ0) is 10.8. The van der Waals surface area contributed by atoms with Gasteiger partial charge in [0, 0.05) is 14.9 Å². The molecule has 0 fully saturated rings. The Kier molecular flexibility index (Phi) is 3.32. The molecule has 2 N–H and O–H groups in total. The number of benzene rings is 1. The van der Waals surface area contributed by atoms with Crippen LogP contribution in [0.2, 0.25) is 10.0 Å². The van der Waals surface area contributed by atoms with Crippen LogP contribution in [0.15, 0.2) is 35.7 Å². The van der Waals surface area contributed by atoms with Crippen LogP contribution in [0, 0.1) is 0 Å². The lowest BCUT2D eigenvalue weighted by atomic mass is 10.1. The molecule has 0 aliphatic rings. The van der Waals surface area contributed by atoms with Gasteiger partial charge in [-0.2, -0.15) is 0 Å². The second kappa shape index (κ2) is 4.54. The van der Waals surface area contributed by atoms with Gasteiger partial charge in [-0.1, -0.05) is 29.3 Å². The van der Waals surface area contributed by atoms with Gasteiger partial charge in [-0.15, -0.1) is 11.3 Å². The Bertz CT molecular complexity index is 454. The number of hydrogen-bond acceptors (Lipinski definition) is 2. The fraction of sp³-hybridized carbons (Fsp3) is 0.0909. The molecular formula is C11H9Cl2NS. The molecule has 78 valence electrons. The summed E-state index contributed by atoms with van der Waals surface area (Å²) in [6, 6.07) is 9.11. The van der Waals surface area contributed by atoms with Crippen LogP contribution >= 0.6 is 34.5 Å². The Balaban J connectivity index is 2.41. The van der Waals surface area contributed by atoms with E-state index in [1.165, 1.54) is 0 Å². The Morgan fingerprint density at radius 2 is 2.00 bits per heavy atom. The summed E-state index contributed by atoms with van der Waals surface area (Å²) in [6.07, 6.45) is 0. The van der Waals surface area contributed by atoms with Crippen molar-refractivity contribution in [2.24, 2.45) is 5.73 Å². The van der Waals surface area contributed by atoms with Crippen molar-refractivity contribution in [3.05, 3.63) is 56.2 Å². The first-order valence-corrected chi connectivity index (χ1v) is 6.06. The first kappa shape index (κ1) is 11.0. The fourth-order valence-corrected chi connectivity index (χ4v) is 2.54. The van der Waals surface area contributed by atoms with E-state index in [9.17, 15) is 0 Å². The molecule has 0 bridgehead atoms. The minimum absolute atomic E-state index is 0.198. The smallest absolute Gasteiger partial charge is 0.0661 e. The van der Waals surface area contributed by atoms with Crippen LogP contribution in [0.5, 0.6) is 0 Å². The molecule has 0 aliphatic heterocycles. The quantitative estimate of drug-likeness (QED) is 0.862. The first-order valence-electron chi connectivity index (χ1n) is 4.42. The predicted octanol–water partition coefficient (Wildman–Crippen LogP) is 4.10. The molecule has 2 rings (SSSR count). The molecule has 0 saturated heterocycles. The van der Waals surface area contributed by atoms with Gasteiger partial charge in [0.2, 0.25) is 0 Å². The van der Waals surface area contributed by atoms with E-state index in [1.807, 2.05) is 23.6 Å². The average Bonchev–Trinajstić information content (AvgIpc) is 2.74. The SMILES string of the molecule is N[C@@H](c1cccs1)c1cc(Cl)ccc1Cl. The Morgan fingerprint density at radius 3 is 2.67 bits per heavy atom. The lowest BCUT2D eigenvalue weighted by Crippen LogP contribution is -2.10. The lowest BCUT2D eigenvalue weighted by molar-refractivity contribution is 0.894. The molecule has 15 heavy (non-hydrogen) atoms. The number of hydrogen-bond donors (Lipinski definition) is 1. The van der Waals surface area contributed by atoms with Gasteiger partial charge < -0.3 is 5.73 Å². The van der Waals surface area contributed by atoms with Crippen molar-refractivity contribution in [2.75, 3.05) is 0 Å². The molecule has 1 atom stereocenters. The van der Waals surface area contributed by atoms with E-state index >= 15 is 0 Å². The molecule has 2 aromatic rings. The van der Waals surface area contributed by atoms with Crippen molar-refractivity contribution in [1.82, 2.24) is 0 Å². The van der Waals surface area contributed by atoms with Crippen molar-refractivity contribution < 1.29 is 0 Å². The van der Waals surface area contributed by atoms with E-state index in [2.05, 4.69) is 0 Å². The Hall–Kier alpha value is -0.540. The minimum atomic E-state index is -0.198. The second-order valence-corrected chi connectivity index (χ2v) is 4.98. The third-order valence-electron chi connectivity index (χ3n) is 2.14. The summed E-state index contributed by atoms with van der Waals surface area (Å²) in [4.78, 5) is 1.08. The number of nitrogens with two attached hydrogens (primary N) is 1. The van der Waals surface area contributed by atoms with Crippen LogP contribution in [0.4, 0.5) is 0 Å². The summed E-state index contributed by atoms with van der Waals surface area (Å²) < 4.78 is 0. The van der Waals surface area contributed by atoms with Gasteiger partial charge in [0.25, 0.3) is 0 Å². The Morgan fingerprint density at radius 1 is 1.20 bits per heavy atom. The predicted molar refractivity (Wildman–Crippen MR) is 66.8 cm³/mol. The average molecular weight is 258 g/mol. The summed E-state index contributed by atoms with van der Waals surface area (Å²) in [5.74, 6) is 0. The van der Waals surface area contributed by atoms with Gasteiger partial charge in [-0.3, -0.25) is 0 Å². The van der Waals surface area contributed by atoms with Crippen molar-refractivity contribution in [1.29, 1.82) is 0 Å². The van der Waals surface area contributed by atoms with Crippen LogP contribution in [0.25, 0.3) is 0 Å². The van der Waals surface area contributed by atoms with Crippen molar-refractivity contribution in [3.8, 4) is 0 Å². The van der Waals surface area contributed by atoms with Gasteiger partial charge in [0.05, 0.1) is 6.04 Å². The topological polar surface area (TPSA) is 26.0 Å². The fourth-order valence-electron chi connectivity index (χ4n) is 1.37. The number of halogens is 2. The first-order chi connectivity index (χ1) is 7.18. The molecule has 0 unspecified atom stereocenters. The lowest BCUT2D eigenvalue weighted by Gasteiger charge is -2.12. The highest BCUT2D eigenvalue weighted by Gasteiger charge is 2.13. The number of rotatable bonds is 2. The van der Waals surface area contributed by atoms with E-state index < -0.39 is 0 Å². The number of thiophene rings is 1. The van der Waals surface area contributed by atoms with E-state index in [1.54, 1.807) is 23.5 Å². The molecular weight excluding hydrogens is 249 g/mol. The zero-order valence-electron chi connectivity index (χ0n) is 7.78. The van der Waals surface area contributed by atoms with E-state index in [0.717, 1.165) is 10.4 Å². The van der Waals surface area contributed by atoms with Crippen LogP contribution in [0.1, 0.15) is 16.5 Å². The van der Waals surface area contributed by atoms with E-state index in [4.69, 9.17) is 28.9 Å². The maximum atomic E-state index is 6.10. The molecule has 1 aromatic carbocycles. The highest BCUT2D eigenvalue weighted by Crippen LogP contribution is 2.30. The van der Waals surface area contributed by atoms with Crippen molar-refractivity contribution >= 4 is 34.5 Å². The maximum Gasteiger partial charge on any atom is 0.0661 e. The van der Waals surface area contributed by atoms with Gasteiger partial charge in [0.1, 0.15) is 0 Å². The van der Waals surface area contributed by atoms with Crippen LogP contribution in [0.3, 0.4) is 0 Å². The van der Waals surface area contributed by atoms with E-state index in [0.29, 0.717) is 10.0 Å². The molecule has 1 aromatic heterocycles. The zero-order valence-corrected chi connectivity index (χ0v) is 10.1. The van der Waals surface area contributed by atoms with Crippen LogP contribution in [-0.2, 0) is 0 Å². The summed E-state index contributed by atoms with van der Waals surface area (Å²) in [7, 11) is 0. The molecule has 0 amide bonds. The highest BCUT2D eigenvalue weighted by atomic mass is 35.5. The van der Waals surface area contributed by atoms with Gasteiger partial charge in [0.15, 0.2) is 0 Å². The maximum absolute atomic E-state index is 6.10. The molecule has 0 aliphatic carbocycles.